The van der Waals surface area contributed by atoms with Gasteiger partial charge in [-0.05, 0) is 24.3 Å². The van der Waals surface area contributed by atoms with Crippen LogP contribution in [0.2, 0.25) is 10.2 Å². The van der Waals surface area contributed by atoms with E-state index < -0.39 is 10.0 Å². The monoisotopic (exact) mass is 328 g/mol. The molecule has 2 rings (SSSR count). The molecule has 1 aromatic heterocycles. The second-order valence-electron chi connectivity index (χ2n) is 3.57. The molecule has 0 saturated heterocycles. The zero-order chi connectivity index (χ0) is 14.8. The summed E-state index contributed by atoms with van der Waals surface area (Å²) >= 11 is 11.5. The number of nitrogens with one attached hydrogen (secondary N) is 1. The van der Waals surface area contributed by atoms with Crippen molar-refractivity contribution in [3.8, 4) is 6.07 Å². The van der Waals surface area contributed by atoms with Crippen molar-refractivity contribution in [3.05, 3.63) is 46.2 Å². The van der Waals surface area contributed by atoms with Gasteiger partial charge >= 0.3 is 0 Å². The van der Waals surface area contributed by atoms with Crippen molar-refractivity contribution in [1.29, 1.82) is 5.26 Å². The third-order valence-electron chi connectivity index (χ3n) is 2.20. The molecule has 102 valence electrons. The highest BCUT2D eigenvalue weighted by atomic mass is 35.5. The summed E-state index contributed by atoms with van der Waals surface area (Å²) in [5.74, 6) is -0.184. The molecule has 1 heterocycles. The van der Waals surface area contributed by atoms with E-state index in [1.165, 1.54) is 24.4 Å². The first-order valence-corrected chi connectivity index (χ1v) is 7.37. The zero-order valence-electron chi connectivity index (χ0n) is 9.71. The molecule has 0 saturated carbocycles. The maximum Gasteiger partial charge on any atom is 0.265 e. The molecule has 6 nitrogen and oxygen atoms in total. The molecule has 2 aromatic rings. The number of nitriles is 1. The Hall–Kier alpha value is -1.88. The van der Waals surface area contributed by atoms with Crippen LogP contribution in [0.25, 0.3) is 0 Å². The number of aromatic nitrogens is 2. The quantitative estimate of drug-likeness (QED) is 0.873. The summed E-state index contributed by atoms with van der Waals surface area (Å²) in [7, 11) is -4.01. The van der Waals surface area contributed by atoms with Crippen LogP contribution in [0, 0.1) is 11.3 Å². The minimum atomic E-state index is -4.01. The Balaban J connectivity index is 2.43. The Bertz CT molecular complexity index is 802. The largest absolute Gasteiger partial charge is 0.265 e. The van der Waals surface area contributed by atoms with Crippen LogP contribution in [0.4, 0.5) is 5.95 Å². The lowest BCUT2D eigenvalue weighted by Crippen LogP contribution is -2.15. The molecular weight excluding hydrogens is 323 g/mol. The average Bonchev–Trinajstić information content (AvgIpc) is 2.38. The van der Waals surface area contributed by atoms with E-state index in [1.807, 2.05) is 6.07 Å². The SMILES string of the molecule is N#Cc1ccc(Cl)c(S(=O)(=O)Nc2nccc(Cl)n2)c1. The third kappa shape index (κ3) is 3.17. The fourth-order valence-corrected chi connectivity index (χ4v) is 2.95. The van der Waals surface area contributed by atoms with Crippen molar-refractivity contribution in [2.45, 2.75) is 4.90 Å². The first-order chi connectivity index (χ1) is 9.42. The molecule has 0 radical (unpaired) electrons. The third-order valence-corrected chi connectivity index (χ3v) is 4.22. The highest BCUT2D eigenvalue weighted by Gasteiger charge is 2.20. The van der Waals surface area contributed by atoms with Crippen molar-refractivity contribution in [3.63, 3.8) is 0 Å². The van der Waals surface area contributed by atoms with E-state index in [4.69, 9.17) is 28.5 Å². The van der Waals surface area contributed by atoms with Gasteiger partial charge in [-0.25, -0.2) is 23.1 Å². The Morgan fingerprint density at radius 1 is 1.25 bits per heavy atom. The molecule has 1 N–H and O–H groups in total. The van der Waals surface area contributed by atoms with Crippen LogP contribution in [0.1, 0.15) is 5.56 Å². The van der Waals surface area contributed by atoms with E-state index in [9.17, 15) is 8.42 Å². The highest BCUT2D eigenvalue weighted by molar-refractivity contribution is 7.92. The Morgan fingerprint density at radius 3 is 2.65 bits per heavy atom. The van der Waals surface area contributed by atoms with E-state index in [-0.39, 0.29) is 26.6 Å². The van der Waals surface area contributed by atoms with Crippen molar-refractivity contribution < 1.29 is 8.42 Å². The summed E-state index contributed by atoms with van der Waals surface area (Å²) in [6.45, 7) is 0. The number of benzene rings is 1. The van der Waals surface area contributed by atoms with Crippen LogP contribution < -0.4 is 4.72 Å². The second-order valence-corrected chi connectivity index (χ2v) is 6.01. The van der Waals surface area contributed by atoms with Crippen molar-refractivity contribution in [2.75, 3.05) is 4.72 Å². The molecule has 1 aromatic carbocycles. The smallest absolute Gasteiger partial charge is 0.247 e. The minimum absolute atomic E-state index is 0.0153. The lowest BCUT2D eigenvalue weighted by molar-refractivity contribution is 0.601. The van der Waals surface area contributed by atoms with Crippen LogP contribution in [-0.4, -0.2) is 18.4 Å². The lowest BCUT2D eigenvalue weighted by Gasteiger charge is -2.08. The van der Waals surface area contributed by atoms with Gasteiger partial charge in [0.15, 0.2) is 0 Å². The van der Waals surface area contributed by atoms with Crippen LogP contribution in [-0.2, 0) is 10.0 Å². The number of sulfonamides is 1. The van der Waals surface area contributed by atoms with Crippen molar-refractivity contribution in [2.24, 2.45) is 0 Å². The fraction of sp³-hybridized carbons (Fsp3) is 0. The lowest BCUT2D eigenvalue weighted by atomic mass is 10.2. The molecule has 0 aliphatic carbocycles. The molecule has 0 amide bonds. The number of anilines is 1. The first-order valence-electron chi connectivity index (χ1n) is 5.13. The first kappa shape index (κ1) is 14.5. The summed E-state index contributed by atoms with van der Waals surface area (Å²) in [5, 5.41) is 8.87. The predicted octanol–water partition coefficient (Wildman–Crippen LogP) is 2.46. The summed E-state index contributed by atoms with van der Waals surface area (Å²) in [4.78, 5) is 7.21. The zero-order valence-corrected chi connectivity index (χ0v) is 12.0. The van der Waals surface area contributed by atoms with E-state index >= 15 is 0 Å². The minimum Gasteiger partial charge on any atom is -0.247 e. The Labute approximate surface area is 125 Å². The van der Waals surface area contributed by atoms with Gasteiger partial charge in [-0.3, -0.25) is 0 Å². The highest BCUT2D eigenvalue weighted by Crippen LogP contribution is 2.24. The van der Waals surface area contributed by atoms with Crippen molar-refractivity contribution >= 4 is 39.2 Å². The normalized spacial score (nSPS) is 10.8. The van der Waals surface area contributed by atoms with Crippen LogP contribution in [0.3, 0.4) is 0 Å². The van der Waals surface area contributed by atoms with E-state index in [2.05, 4.69) is 14.7 Å². The van der Waals surface area contributed by atoms with Crippen LogP contribution in [0.5, 0.6) is 0 Å². The standard InChI is InChI=1S/C11H6Cl2N4O2S/c12-8-2-1-7(6-14)5-9(8)20(18,19)17-11-15-4-3-10(13)16-11/h1-5H,(H,15,16,17). The summed E-state index contributed by atoms with van der Waals surface area (Å²) in [5.41, 5.74) is 0.168. The molecule has 0 aliphatic heterocycles. The second kappa shape index (κ2) is 5.63. The van der Waals surface area contributed by atoms with E-state index in [1.54, 1.807) is 0 Å². The number of rotatable bonds is 3. The van der Waals surface area contributed by atoms with Gasteiger partial charge < -0.3 is 0 Å². The topological polar surface area (TPSA) is 95.7 Å². The molecule has 0 aliphatic rings. The molecule has 9 heteroatoms. The molecular formula is C11H6Cl2N4O2S. The van der Waals surface area contributed by atoms with Gasteiger partial charge in [0.25, 0.3) is 10.0 Å². The Morgan fingerprint density at radius 2 is 2.00 bits per heavy atom. The molecule has 0 bridgehead atoms. The van der Waals surface area contributed by atoms with Gasteiger partial charge in [-0.15, -0.1) is 0 Å². The van der Waals surface area contributed by atoms with Gasteiger partial charge in [0.05, 0.1) is 16.7 Å². The number of hydrogen-bond acceptors (Lipinski definition) is 5. The van der Waals surface area contributed by atoms with E-state index in [0.29, 0.717) is 0 Å². The van der Waals surface area contributed by atoms with E-state index in [0.717, 1.165) is 6.07 Å². The molecule has 0 unspecified atom stereocenters. The average molecular weight is 329 g/mol. The molecule has 0 spiro atoms. The molecule has 0 atom stereocenters. The number of halogens is 2. The molecule has 20 heavy (non-hydrogen) atoms. The van der Waals surface area contributed by atoms with Gasteiger partial charge in [-0.1, -0.05) is 23.2 Å². The van der Waals surface area contributed by atoms with Gasteiger partial charge in [0, 0.05) is 6.20 Å². The Kier molecular flexibility index (Phi) is 4.09. The summed E-state index contributed by atoms with van der Waals surface area (Å²) in [6.07, 6.45) is 1.31. The predicted molar refractivity (Wildman–Crippen MR) is 74.0 cm³/mol. The van der Waals surface area contributed by atoms with Gasteiger partial charge in [0.2, 0.25) is 5.95 Å². The van der Waals surface area contributed by atoms with Crippen LogP contribution >= 0.6 is 23.2 Å². The summed E-state index contributed by atoms with van der Waals surface area (Å²) in [6, 6.07) is 7.14. The van der Waals surface area contributed by atoms with Gasteiger partial charge in [0.1, 0.15) is 10.0 Å². The maximum atomic E-state index is 12.2. The maximum absolute atomic E-state index is 12.2. The fourth-order valence-electron chi connectivity index (χ4n) is 1.34. The number of nitrogens with zero attached hydrogens (tertiary/aromatic N) is 3. The van der Waals surface area contributed by atoms with Crippen LogP contribution in [0.15, 0.2) is 35.4 Å². The van der Waals surface area contributed by atoms with Crippen molar-refractivity contribution in [1.82, 2.24) is 9.97 Å². The van der Waals surface area contributed by atoms with Gasteiger partial charge in [-0.2, -0.15) is 5.26 Å². The number of hydrogen-bond donors (Lipinski definition) is 1. The molecule has 0 fully saturated rings. The summed E-state index contributed by atoms with van der Waals surface area (Å²) < 4.78 is 26.5.